The number of aromatic nitrogens is 2. The van der Waals surface area contributed by atoms with Crippen molar-refractivity contribution in [2.75, 3.05) is 0 Å². The summed E-state index contributed by atoms with van der Waals surface area (Å²) in [5, 5.41) is 0.856. The monoisotopic (exact) mass is 421 g/mol. The van der Waals surface area contributed by atoms with Gasteiger partial charge in [0.1, 0.15) is 18.2 Å². The van der Waals surface area contributed by atoms with Crippen LogP contribution < -0.4 is 10.5 Å². The van der Waals surface area contributed by atoms with Gasteiger partial charge in [0.05, 0.1) is 11.0 Å². The number of H-pyrrole nitrogens is 1. The van der Waals surface area contributed by atoms with E-state index in [9.17, 15) is 4.79 Å². The molecule has 1 amide bonds. The average Bonchev–Trinajstić information content (AvgIpc) is 3.14. The van der Waals surface area contributed by atoms with Crippen LogP contribution in [0.15, 0.2) is 60.7 Å². The van der Waals surface area contributed by atoms with Gasteiger partial charge in [0.2, 0.25) is 5.91 Å². The lowest BCUT2D eigenvalue weighted by Gasteiger charge is -2.08. The highest BCUT2D eigenvalue weighted by Crippen LogP contribution is 2.21. The summed E-state index contributed by atoms with van der Waals surface area (Å²) < 4.78 is 5.74. The summed E-state index contributed by atoms with van der Waals surface area (Å²) >= 11 is 5.81. The molecule has 3 aromatic carbocycles. The lowest BCUT2D eigenvalue weighted by molar-refractivity contribution is 0.1000. The Bertz CT molecular complexity index is 1150. The van der Waals surface area contributed by atoms with Gasteiger partial charge in [-0.25, -0.2) is 4.98 Å². The number of primary amides is 1. The van der Waals surface area contributed by atoms with E-state index in [0.717, 1.165) is 33.0 Å². The first-order valence-electron chi connectivity index (χ1n) is 9.53. The Kier molecular flexibility index (Phi) is 6.75. The maximum Gasteiger partial charge on any atom is 0.248 e. The normalized spacial score (nSPS) is 10.4. The van der Waals surface area contributed by atoms with Crippen molar-refractivity contribution < 1.29 is 9.53 Å². The largest absolute Gasteiger partial charge is 0.485 e. The van der Waals surface area contributed by atoms with Crippen LogP contribution in [0.3, 0.4) is 0 Å². The number of aryl methyl sites for hydroxylation is 3. The zero-order chi connectivity index (χ0) is 21.7. The molecule has 0 atom stereocenters. The van der Waals surface area contributed by atoms with Crippen LogP contribution >= 0.6 is 11.6 Å². The summed E-state index contributed by atoms with van der Waals surface area (Å²) in [7, 11) is 0. The number of hydrogen-bond donors (Lipinski definition) is 2. The second-order valence-corrected chi connectivity index (χ2v) is 7.49. The maximum atomic E-state index is 11.2. The van der Waals surface area contributed by atoms with E-state index in [2.05, 4.69) is 16.0 Å². The molecule has 0 bridgehead atoms. The van der Waals surface area contributed by atoms with Crippen molar-refractivity contribution in [3.63, 3.8) is 0 Å². The molecular formula is C24H24ClN3O2. The maximum absolute atomic E-state index is 11.2. The molecule has 0 unspecified atom stereocenters. The van der Waals surface area contributed by atoms with Gasteiger partial charge in [-0.1, -0.05) is 41.9 Å². The lowest BCUT2D eigenvalue weighted by atomic mass is 10.1. The van der Waals surface area contributed by atoms with Gasteiger partial charge in [-0.05, 0) is 67.8 Å². The fourth-order valence-corrected chi connectivity index (χ4v) is 3.06. The Labute approximate surface area is 180 Å². The molecule has 0 spiro atoms. The molecule has 154 valence electrons. The first kappa shape index (κ1) is 21.4. The minimum absolute atomic E-state index is 0.303. The minimum atomic E-state index is -0.469. The molecule has 4 aromatic rings. The molecule has 4 rings (SSSR count). The standard InChI is InChI=1S/C16H15N3O2.C8H9Cl/c1-10-6-7-11(16(17)20)8-14(10)21-9-15-18-12-4-2-3-5-13(12)19-15;1-6-3-4-7(2)8(9)5-6/h2-8H,9H2,1H3,(H2,17,20)(H,18,19);3-5H,1-2H3. The van der Waals surface area contributed by atoms with E-state index < -0.39 is 5.91 Å². The third-order valence-electron chi connectivity index (χ3n) is 4.60. The molecule has 30 heavy (non-hydrogen) atoms. The quantitative estimate of drug-likeness (QED) is 0.456. The molecule has 1 heterocycles. The Balaban J connectivity index is 0.000000239. The first-order chi connectivity index (χ1) is 14.3. The molecule has 0 fully saturated rings. The fraction of sp³-hybridized carbons (Fsp3) is 0.167. The molecule has 5 nitrogen and oxygen atoms in total. The zero-order valence-corrected chi connectivity index (χ0v) is 18.0. The van der Waals surface area contributed by atoms with E-state index in [1.54, 1.807) is 12.1 Å². The number of para-hydroxylation sites is 2. The van der Waals surface area contributed by atoms with E-state index in [1.165, 1.54) is 5.56 Å². The van der Waals surface area contributed by atoms with E-state index in [4.69, 9.17) is 22.1 Å². The van der Waals surface area contributed by atoms with Crippen LogP contribution in [0.1, 0.15) is 32.9 Å². The summed E-state index contributed by atoms with van der Waals surface area (Å²) in [5.41, 5.74) is 10.9. The smallest absolute Gasteiger partial charge is 0.248 e. The number of aromatic amines is 1. The van der Waals surface area contributed by atoms with Gasteiger partial charge in [0.15, 0.2) is 0 Å². The second-order valence-electron chi connectivity index (χ2n) is 7.09. The molecular weight excluding hydrogens is 398 g/mol. The van der Waals surface area contributed by atoms with E-state index >= 15 is 0 Å². The van der Waals surface area contributed by atoms with Crippen molar-refractivity contribution in [1.29, 1.82) is 0 Å². The van der Waals surface area contributed by atoms with Crippen molar-refractivity contribution in [2.24, 2.45) is 5.73 Å². The lowest BCUT2D eigenvalue weighted by Crippen LogP contribution is -2.11. The Morgan fingerprint density at radius 2 is 1.77 bits per heavy atom. The van der Waals surface area contributed by atoms with E-state index in [-0.39, 0.29) is 0 Å². The van der Waals surface area contributed by atoms with Crippen LogP contribution in [0, 0.1) is 20.8 Å². The number of nitrogens with two attached hydrogens (primary N) is 1. The predicted molar refractivity (Wildman–Crippen MR) is 121 cm³/mol. The average molecular weight is 422 g/mol. The summed E-state index contributed by atoms with van der Waals surface area (Å²) in [4.78, 5) is 18.8. The summed E-state index contributed by atoms with van der Waals surface area (Å²) in [6, 6.07) is 19.0. The van der Waals surface area contributed by atoms with Crippen LogP contribution in [0.2, 0.25) is 5.02 Å². The fourth-order valence-electron chi connectivity index (χ4n) is 2.83. The third-order valence-corrected chi connectivity index (χ3v) is 5.01. The first-order valence-corrected chi connectivity index (χ1v) is 9.91. The number of carbonyl (C=O) groups excluding carboxylic acids is 1. The Morgan fingerprint density at radius 1 is 1.03 bits per heavy atom. The number of fused-ring (bicyclic) bond motifs is 1. The number of nitrogens with zero attached hydrogens (tertiary/aromatic N) is 1. The SMILES string of the molecule is Cc1ccc(C(N)=O)cc1OCc1nc2ccccc2[nH]1.Cc1ccc(C)c(Cl)c1. The van der Waals surface area contributed by atoms with Gasteiger partial charge >= 0.3 is 0 Å². The van der Waals surface area contributed by atoms with Gasteiger partial charge in [0, 0.05) is 10.6 Å². The molecule has 0 saturated carbocycles. The third kappa shape index (κ3) is 5.39. The van der Waals surface area contributed by atoms with Crippen molar-refractivity contribution in [3.8, 4) is 5.75 Å². The van der Waals surface area contributed by atoms with Gasteiger partial charge in [-0.15, -0.1) is 0 Å². The van der Waals surface area contributed by atoms with Gasteiger partial charge in [-0.2, -0.15) is 0 Å². The highest BCUT2D eigenvalue weighted by atomic mass is 35.5. The Morgan fingerprint density at radius 3 is 2.43 bits per heavy atom. The number of benzene rings is 3. The van der Waals surface area contributed by atoms with Gasteiger partial charge in [-0.3, -0.25) is 4.79 Å². The molecule has 0 radical (unpaired) electrons. The highest BCUT2D eigenvalue weighted by Gasteiger charge is 2.08. The molecule has 0 aliphatic heterocycles. The van der Waals surface area contributed by atoms with Gasteiger partial charge < -0.3 is 15.5 Å². The molecule has 6 heteroatoms. The molecule has 0 aliphatic rings. The molecule has 1 aromatic heterocycles. The highest BCUT2D eigenvalue weighted by molar-refractivity contribution is 6.31. The molecule has 0 saturated heterocycles. The van der Waals surface area contributed by atoms with E-state index in [1.807, 2.05) is 63.2 Å². The van der Waals surface area contributed by atoms with Crippen LogP contribution in [0.5, 0.6) is 5.75 Å². The topological polar surface area (TPSA) is 81.0 Å². The van der Waals surface area contributed by atoms with Gasteiger partial charge in [0.25, 0.3) is 0 Å². The summed E-state index contributed by atoms with van der Waals surface area (Å²) in [5.74, 6) is 0.899. The molecule has 3 N–H and O–H groups in total. The number of nitrogens with one attached hydrogen (secondary N) is 1. The van der Waals surface area contributed by atoms with Crippen molar-refractivity contribution in [3.05, 3.63) is 93.8 Å². The van der Waals surface area contributed by atoms with Crippen LogP contribution in [-0.2, 0) is 6.61 Å². The van der Waals surface area contributed by atoms with Crippen LogP contribution in [0.25, 0.3) is 11.0 Å². The number of rotatable bonds is 4. The number of halogens is 1. The van der Waals surface area contributed by atoms with Crippen LogP contribution in [0.4, 0.5) is 0 Å². The number of hydrogen-bond acceptors (Lipinski definition) is 3. The summed E-state index contributed by atoms with van der Waals surface area (Å²) in [6.07, 6.45) is 0. The Hall–Kier alpha value is -3.31. The zero-order valence-electron chi connectivity index (χ0n) is 17.2. The number of ether oxygens (including phenoxy) is 1. The summed E-state index contributed by atoms with van der Waals surface area (Å²) in [6.45, 7) is 6.25. The minimum Gasteiger partial charge on any atom is -0.485 e. The van der Waals surface area contributed by atoms with Crippen molar-refractivity contribution >= 4 is 28.5 Å². The number of carbonyl (C=O) groups is 1. The second kappa shape index (κ2) is 9.46. The number of imidazole rings is 1. The van der Waals surface area contributed by atoms with E-state index in [0.29, 0.717) is 17.9 Å². The van der Waals surface area contributed by atoms with Crippen molar-refractivity contribution in [1.82, 2.24) is 9.97 Å². The predicted octanol–water partition coefficient (Wildman–Crippen LogP) is 5.51. The number of amides is 1. The molecule has 0 aliphatic carbocycles. The van der Waals surface area contributed by atoms with Crippen molar-refractivity contribution in [2.45, 2.75) is 27.4 Å². The van der Waals surface area contributed by atoms with Crippen LogP contribution in [-0.4, -0.2) is 15.9 Å².